The van der Waals surface area contributed by atoms with E-state index in [1.807, 2.05) is 17.5 Å². The number of hydrogen-bond acceptors (Lipinski definition) is 3. The van der Waals surface area contributed by atoms with Crippen molar-refractivity contribution in [3.05, 3.63) is 17.5 Å². The topological polar surface area (TPSA) is 23.8 Å². The van der Waals surface area contributed by atoms with E-state index < -0.39 is 0 Å². The highest BCUT2D eigenvalue weighted by Crippen LogP contribution is 2.22. The molecule has 0 amide bonds. The molecule has 3 heteroatoms. The van der Waals surface area contributed by atoms with Crippen molar-refractivity contribution < 1.29 is 0 Å². The quantitative estimate of drug-likeness (QED) is 0.612. The first-order valence-electron chi connectivity index (χ1n) is 2.47. The highest BCUT2D eigenvalue weighted by atomic mass is 32.2. The molecule has 0 unspecified atom stereocenters. The Morgan fingerprint density at radius 3 is 3.22 bits per heavy atom. The lowest BCUT2D eigenvalue weighted by Crippen LogP contribution is -1.64. The van der Waals surface area contributed by atoms with Crippen LogP contribution in [0.2, 0.25) is 0 Å². The minimum Gasteiger partial charge on any atom is -0.197 e. The van der Waals surface area contributed by atoms with Crippen LogP contribution in [0.25, 0.3) is 0 Å². The number of rotatable bonds is 2. The Labute approximate surface area is 62.3 Å². The van der Waals surface area contributed by atoms with Crippen LogP contribution in [0.1, 0.15) is 0 Å². The number of hydrogen-bond donors (Lipinski definition) is 0. The van der Waals surface area contributed by atoms with Gasteiger partial charge in [0.15, 0.2) is 0 Å². The van der Waals surface area contributed by atoms with Gasteiger partial charge in [-0.25, -0.2) is 0 Å². The van der Waals surface area contributed by atoms with Crippen LogP contribution in [0.4, 0.5) is 0 Å². The summed E-state index contributed by atoms with van der Waals surface area (Å²) in [5.41, 5.74) is 0. The largest absolute Gasteiger partial charge is 0.197 e. The van der Waals surface area contributed by atoms with Gasteiger partial charge in [0, 0.05) is 0 Å². The van der Waals surface area contributed by atoms with Gasteiger partial charge in [0.2, 0.25) is 0 Å². The summed E-state index contributed by atoms with van der Waals surface area (Å²) in [5, 5.41) is 10.2. The fraction of sp³-hybridized carbons (Fsp3) is 0.167. The Morgan fingerprint density at radius 2 is 2.67 bits per heavy atom. The summed E-state index contributed by atoms with van der Waals surface area (Å²) in [4.78, 5) is 0. The molecular formula is C6H5NS2. The van der Waals surface area contributed by atoms with Crippen molar-refractivity contribution in [1.82, 2.24) is 0 Å². The molecule has 0 aliphatic rings. The first-order chi connectivity index (χ1) is 4.43. The van der Waals surface area contributed by atoms with E-state index in [0.29, 0.717) is 5.75 Å². The second-order valence-corrected chi connectivity index (χ2v) is 3.60. The van der Waals surface area contributed by atoms with Crippen LogP contribution in [-0.2, 0) is 0 Å². The molecule has 0 aliphatic heterocycles. The maximum Gasteiger partial charge on any atom is 0.0863 e. The molecule has 0 N–H and O–H groups in total. The van der Waals surface area contributed by atoms with Gasteiger partial charge in [-0.3, -0.25) is 0 Å². The third kappa shape index (κ3) is 2.08. The van der Waals surface area contributed by atoms with Crippen LogP contribution < -0.4 is 0 Å². The predicted octanol–water partition coefficient (Wildman–Crippen LogP) is 2.36. The Kier molecular flexibility index (Phi) is 2.62. The molecule has 0 bridgehead atoms. The van der Waals surface area contributed by atoms with Gasteiger partial charge in [-0.05, 0) is 11.4 Å². The zero-order valence-electron chi connectivity index (χ0n) is 4.70. The average Bonchev–Trinajstić information content (AvgIpc) is 2.34. The Bertz CT molecular complexity index is 197. The van der Waals surface area contributed by atoms with Crippen LogP contribution in [0.5, 0.6) is 0 Å². The number of thioether (sulfide) groups is 1. The van der Waals surface area contributed by atoms with Crippen LogP contribution in [0, 0.1) is 11.3 Å². The normalized spacial score (nSPS) is 8.78. The van der Waals surface area contributed by atoms with Gasteiger partial charge in [0.1, 0.15) is 0 Å². The van der Waals surface area contributed by atoms with Gasteiger partial charge in [0.05, 0.1) is 16.0 Å². The molecule has 1 aromatic rings. The zero-order valence-corrected chi connectivity index (χ0v) is 6.34. The Balaban J connectivity index is 2.41. The average molecular weight is 155 g/mol. The number of nitrogens with zero attached hydrogens (tertiary/aromatic N) is 1. The van der Waals surface area contributed by atoms with E-state index in [4.69, 9.17) is 5.26 Å². The highest BCUT2D eigenvalue weighted by Gasteiger charge is 1.90. The Hall–Kier alpha value is -0.460. The zero-order chi connectivity index (χ0) is 6.53. The maximum atomic E-state index is 8.20. The molecule has 46 valence electrons. The van der Waals surface area contributed by atoms with Crippen LogP contribution in [0.15, 0.2) is 21.7 Å². The standard InChI is InChI=1S/C6H5NS2/c7-3-5-9-6-2-1-4-8-6/h1-2,4H,5H2. The smallest absolute Gasteiger partial charge is 0.0863 e. The summed E-state index contributed by atoms with van der Waals surface area (Å²) < 4.78 is 1.22. The first-order valence-corrected chi connectivity index (χ1v) is 4.33. The van der Waals surface area contributed by atoms with Crippen LogP contribution >= 0.6 is 23.1 Å². The SMILES string of the molecule is N#CCSc1cccs1. The predicted molar refractivity (Wildman–Crippen MR) is 40.7 cm³/mol. The molecule has 1 heterocycles. The second-order valence-electron chi connectivity index (χ2n) is 1.38. The molecule has 0 spiro atoms. The molecule has 0 atom stereocenters. The van der Waals surface area contributed by atoms with Gasteiger partial charge in [-0.15, -0.1) is 23.1 Å². The third-order valence-electron chi connectivity index (χ3n) is 0.774. The molecule has 1 aromatic heterocycles. The van der Waals surface area contributed by atoms with E-state index in [2.05, 4.69) is 6.07 Å². The fourth-order valence-electron chi connectivity index (χ4n) is 0.449. The lowest BCUT2D eigenvalue weighted by molar-refractivity contribution is 1.49. The molecule has 1 nitrogen and oxygen atoms in total. The number of thiophene rings is 1. The monoisotopic (exact) mass is 155 g/mol. The molecule has 0 saturated heterocycles. The van der Waals surface area contributed by atoms with Crippen molar-refractivity contribution in [2.75, 3.05) is 5.75 Å². The van der Waals surface area contributed by atoms with Crippen LogP contribution in [0.3, 0.4) is 0 Å². The molecule has 9 heavy (non-hydrogen) atoms. The lowest BCUT2D eigenvalue weighted by Gasteiger charge is -1.84. The van der Waals surface area contributed by atoms with Gasteiger partial charge in [0.25, 0.3) is 0 Å². The van der Waals surface area contributed by atoms with E-state index in [0.717, 1.165) is 0 Å². The third-order valence-corrected chi connectivity index (χ3v) is 2.77. The molecule has 0 radical (unpaired) electrons. The molecule has 0 fully saturated rings. The van der Waals surface area contributed by atoms with Crippen molar-refractivity contribution in [1.29, 1.82) is 5.26 Å². The number of nitriles is 1. The Morgan fingerprint density at radius 1 is 1.78 bits per heavy atom. The fourth-order valence-corrected chi connectivity index (χ4v) is 1.89. The van der Waals surface area contributed by atoms with E-state index in [9.17, 15) is 0 Å². The molecule has 0 saturated carbocycles. The molecule has 0 aliphatic carbocycles. The van der Waals surface area contributed by atoms with Gasteiger partial charge < -0.3 is 0 Å². The van der Waals surface area contributed by atoms with E-state index in [1.165, 1.54) is 4.21 Å². The van der Waals surface area contributed by atoms with Crippen molar-refractivity contribution in [3.8, 4) is 6.07 Å². The minimum atomic E-state index is 0.556. The van der Waals surface area contributed by atoms with E-state index in [1.54, 1.807) is 23.1 Å². The molecule has 0 aromatic carbocycles. The summed E-state index contributed by atoms with van der Waals surface area (Å²) in [7, 11) is 0. The summed E-state index contributed by atoms with van der Waals surface area (Å²) in [6.45, 7) is 0. The molecular weight excluding hydrogens is 150 g/mol. The lowest BCUT2D eigenvalue weighted by atomic mass is 10.7. The summed E-state index contributed by atoms with van der Waals surface area (Å²) >= 11 is 3.26. The van der Waals surface area contributed by atoms with Gasteiger partial charge in [-0.2, -0.15) is 5.26 Å². The summed E-state index contributed by atoms with van der Waals surface area (Å²) in [5.74, 6) is 0.556. The maximum absolute atomic E-state index is 8.20. The van der Waals surface area contributed by atoms with Crippen molar-refractivity contribution in [2.24, 2.45) is 0 Å². The minimum absolute atomic E-state index is 0.556. The summed E-state index contributed by atoms with van der Waals surface area (Å²) in [6.07, 6.45) is 0. The summed E-state index contributed by atoms with van der Waals surface area (Å²) in [6, 6.07) is 6.09. The van der Waals surface area contributed by atoms with Crippen LogP contribution in [-0.4, -0.2) is 5.75 Å². The van der Waals surface area contributed by atoms with Crippen molar-refractivity contribution in [3.63, 3.8) is 0 Å². The highest BCUT2D eigenvalue weighted by molar-refractivity contribution is 8.01. The molecule has 1 rings (SSSR count). The van der Waals surface area contributed by atoms with Gasteiger partial charge in [-0.1, -0.05) is 6.07 Å². The van der Waals surface area contributed by atoms with Crippen molar-refractivity contribution >= 4 is 23.1 Å². The van der Waals surface area contributed by atoms with Crippen molar-refractivity contribution in [2.45, 2.75) is 4.21 Å². The first kappa shape index (κ1) is 6.66. The van der Waals surface area contributed by atoms with E-state index >= 15 is 0 Å². The van der Waals surface area contributed by atoms with E-state index in [-0.39, 0.29) is 0 Å². The second kappa shape index (κ2) is 3.54. The van der Waals surface area contributed by atoms with Gasteiger partial charge >= 0.3 is 0 Å².